The van der Waals surface area contributed by atoms with Gasteiger partial charge in [-0.1, -0.05) is 0 Å². The van der Waals surface area contributed by atoms with E-state index >= 15 is 0 Å². The van der Waals surface area contributed by atoms with E-state index in [0.717, 1.165) is 43.1 Å². The Labute approximate surface area is 250 Å². The number of benzene rings is 2. The first-order chi connectivity index (χ1) is 20.7. The lowest BCUT2D eigenvalue weighted by molar-refractivity contribution is -0.139. The van der Waals surface area contributed by atoms with Gasteiger partial charge in [-0.05, 0) is 74.7 Å². The molecule has 0 saturated carbocycles. The molecule has 2 fully saturated rings. The first-order valence-electron chi connectivity index (χ1n) is 14.5. The van der Waals surface area contributed by atoms with Crippen LogP contribution in [0.2, 0.25) is 0 Å². The van der Waals surface area contributed by atoms with Crippen LogP contribution in [0.5, 0.6) is 5.75 Å². The van der Waals surface area contributed by atoms with Gasteiger partial charge in [0.2, 0.25) is 11.8 Å². The largest absolute Gasteiger partial charge is 0.492 e. The summed E-state index contributed by atoms with van der Waals surface area (Å²) in [5.74, 6) is -1.38. The molecule has 0 spiro atoms. The minimum Gasteiger partial charge on any atom is -0.492 e. The highest BCUT2D eigenvalue weighted by Crippen LogP contribution is 2.37. The molecule has 0 bridgehead atoms. The third-order valence-corrected chi connectivity index (χ3v) is 8.64. The van der Waals surface area contributed by atoms with Crippen LogP contribution in [0.4, 0.5) is 5.69 Å². The Kier molecular flexibility index (Phi) is 9.28. The number of methoxy groups -OCH3 is 1. The Morgan fingerprint density at radius 2 is 1.79 bits per heavy atom. The van der Waals surface area contributed by atoms with Crippen molar-refractivity contribution in [3.05, 3.63) is 59.2 Å². The zero-order valence-corrected chi connectivity index (χ0v) is 24.4. The van der Waals surface area contributed by atoms with Gasteiger partial charge in [-0.2, -0.15) is 0 Å². The molecule has 2 aromatic rings. The van der Waals surface area contributed by atoms with E-state index in [2.05, 4.69) is 15.1 Å². The first kappa shape index (κ1) is 30.5. The molecular formula is C31H38N4O8. The zero-order valence-electron chi connectivity index (χ0n) is 24.4. The van der Waals surface area contributed by atoms with Crippen molar-refractivity contribution in [1.82, 2.24) is 15.1 Å². The van der Waals surface area contributed by atoms with Crippen molar-refractivity contribution < 1.29 is 38.9 Å². The molecule has 2 unspecified atom stereocenters. The van der Waals surface area contributed by atoms with Crippen molar-refractivity contribution in [2.45, 2.75) is 44.0 Å². The van der Waals surface area contributed by atoms with Crippen molar-refractivity contribution in [3.8, 4) is 5.75 Å². The van der Waals surface area contributed by atoms with Crippen LogP contribution in [-0.2, 0) is 14.3 Å². The number of piperidine rings is 2. The lowest BCUT2D eigenvalue weighted by Crippen LogP contribution is -2.53. The number of anilines is 1. The normalized spacial score (nSPS) is 21.6. The summed E-state index contributed by atoms with van der Waals surface area (Å²) in [6.45, 7) is 3.44. The number of nitrogens with zero attached hydrogens (tertiary/aromatic N) is 3. The second-order valence-corrected chi connectivity index (χ2v) is 11.4. The van der Waals surface area contributed by atoms with Crippen LogP contribution in [-0.4, -0.2) is 103 Å². The second kappa shape index (κ2) is 13.1. The fourth-order valence-corrected chi connectivity index (χ4v) is 6.13. The molecule has 5 rings (SSSR count). The summed E-state index contributed by atoms with van der Waals surface area (Å²) < 4.78 is 11.6. The average Bonchev–Trinajstić information content (AvgIpc) is 3.24. The Bertz CT molecular complexity index is 1360. The predicted molar refractivity (Wildman–Crippen MR) is 156 cm³/mol. The molecular weight excluding hydrogens is 556 g/mol. The van der Waals surface area contributed by atoms with Crippen molar-refractivity contribution in [2.75, 3.05) is 51.9 Å². The number of imide groups is 1. The van der Waals surface area contributed by atoms with Gasteiger partial charge in [0.05, 0.1) is 18.2 Å². The number of carbonyl (C=O) groups is 4. The van der Waals surface area contributed by atoms with E-state index < -0.39 is 30.1 Å². The fourth-order valence-electron chi connectivity index (χ4n) is 6.13. The number of amides is 3. The van der Waals surface area contributed by atoms with Crippen LogP contribution >= 0.6 is 0 Å². The molecule has 230 valence electrons. The highest BCUT2D eigenvalue weighted by atomic mass is 16.5. The number of aliphatic hydroxyl groups excluding tert-OH is 1. The number of ether oxygens (including phenoxy) is 2. The van der Waals surface area contributed by atoms with E-state index in [1.54, 1.807) is 37.4 Å². The van der Waals surface area contributed by atoms with Crippen LogP contribution < -0.4 is 15.0 Å². The molecule has 3 atom stereocenters. The number of likely N-dealkylation sites (N-methyl/N-ethyl adjacent to an activating group) is 1. The monoisotopic (exact) mass is 594 g/mol. The van der Waals surface area contributed by atoms with Gasteiger partial charge in [0.1, 0.15) is 18.4 Å². The molecule has 0 aromatic heterocycles. The topological polar surface area (TPSA) is 149 Å². The number of hydrogen-bond donors (Lipinski definition) is 3. The lowest BCUT2D eigenvalue weighted by Gasteiger charge is -2.37. The van der Waals surface area contributed by atoms with Crippen LogP contribution in [0.1, 0.15) is 58.2 Å². The van der Waals surface area contributed by atoms with Gasteiger partial charge in [-0.25, -0.2) is 4.79 Å². The lowest BCUT2D eigenvalue weighted by atomic mass is 9.95. The molecule has 2 saturated heterocycles. The summed E-state index contributed by atoms with van der Waals surface area (Å²) >= 11 is 0. The quantitative estimate of drug-likeness (QED) is 0.329. The molecule has 3 N–H and O–H groups in total. The maximum atomic E-state index is 13.0. The van der Waals surface area contributed by atoms with Gasteiger partial charge >= 0.3 is 5.97 Å². The molecule has 12 nitrogen and oxygen atoms in total. The minimum absolute atomic E-state index is 0.0358. The molecule has 3 aliphatic rings. The van der Waals surface area contributed by atoms with E-state index in [4.69, 9.17) is 14.6 Å². The van der Waals surface area contributed by atoms with Crippen LogP contribution in [0.15, 0.2) is 42.5 Å². The Morgan fingerprint density at radius 3 is 2.44 bits per heavy atom. The summed E-state index contributed by atoms with van der Waals surface area (Å²) in [7, 11) is 3.70. The summed E-state index contributed by atoms with van der Waals surface area (Å²) in [6.07, 6.45) is 0.966. The summed E-state index contributed by atoms with van der Waals surface area (Å²) in [5, 5.41) is 22.3. The summed E-state index contributed by atoms with van der Waals surface area (Å²) in [5.41, 5.74) is 1.99. The van der Waals surface area contributed by atoms with Gasteiger partial charge in [0.25, 0.3) is 5.91 Å². The predicted octanol–water partition coefficient (Wildman–Crippen LogP) is 1.88. The van der Waals surface area contributed by atoms with Crippen molar-refractivity contribution in [2.24, 2.45) is 5.92 Å². The summed E-state index contributed by atoms with van der Waals surface area (Å²) in [4.78, 5) is 53.7. The Morgan fingerprint density at radius 1 is 1.07 bits per heavy atom. The molecule has 3 aliphatic heterocycles. The molecule has 0 aliphatic carbocycles. The van der Waals surface area contributed by atoms with Crippen molar-refractivity contribution >= 4 is 29.4 Å². The number of fused-ring (bicyclic) bond motifs is 1. The SMILES string of the molecule is COC[C@H](COc1ccc2c(c1)C(O)N(C1CCC(=O)NC1=O)C2=O)N(C)CC1CCN(c2ccc(C(=O)O)cc2)CC1. The zero-order chi connectivity index (χ0) is 30.7. The first-order valence-corrected chi connectivity index (χ1v) is 14.5. The number of carbonyl (C=O) groups excluding carboxylic acids is 3. The Balaban J connectivity index is 1.15. The number of aliphatic hydroxyl groups is 1. The second-order valence-electron chi connectivity index (χ2n) is 11.4. The van der Waals surface area contributed by atoms with Crippen molar-refractivity contribution in [1.29, 1.82) is 0 Å². The van der Waals surface area contributed by atoms with Gasteiger partial charge < -0.3 is 24.6 Å². The molecule has 3 heterocycles. The number of carboxylic acids is 1. The molecule has 2 aromatic carbocycles. The van der Waals surface area contributed by atoms with Crippen LogP contribution in [0.25, 0.3) is 0 Å². The average molecular weight is 595 g/mol. The smallest absolute Gasteiger partial charge is 0.335 e. The highest BCUT2D eigenvalue weighted by molar-refractivity contribution is 6.05. The van der Waals surface area contributed by atoms with E-state index in [9.17, 15) is 24.3 Å². The fraction of sp³-hybridized carbons (Fsp3) is 0.484. The van der Waals surface area contributed by atoms with Crippen molar-refractivity contribution in [3.63, 3.8) is 0 Å². The standard InChI is InChI=1S/C31H38N4O8/c1-33(16-19-11-13-34(14-12-19)21-5-3-20(4-6-21)31(40)41)22(17-42-2)18-43-23-7-8-24-25(15-23)30(39)35(29(24)38)26-9-10-27(36)32-28(26)37/h3-8,15,19,22,26,30,39H,9-14,16-18H2,1-2H3,(H,40,41)(H,32,36,37)/t22-,26?,30?/m1/s1. The Hall–Kier alpha value is -4.00. The van der Waals surface area contributed by atoms with E-state index in [0.29, 0.717) is 36.0 Å². The van der Waals surface area contributed by atoms with Crippen LogP contribution in [0.3, 0.4) is 0 Å². The van der Waals surface area contributed by atoms with Gasteiger partial charge in [-0.3, -0.25) is 29.5 Å². The maximum absolute atomic E-state index is 13.0. The number of hydrogen-bond acceptors (Lipinski definition) is 9. The van der Waals surface area contributed by atoms with E-state index in [-0.39, 0.29) is 30.4 Å². The maximum Gasteiger partial charge on any atom is 0.335 e. The van der Waals surface area contributed by atoms with Crippen LogP contribution in [0, 0.1) is 5.92 Å². The summed E-state index contributed by atoms with van der Waals surface area (Å²) in [6, 6.07) is 11.0. The molecule has 12 heteroatoms. The molecule has 43 heavy (non-hydrogen) atoms. The number of carboxylic acid groups (broad SMARTS) is 1. The third kappa shape index (κ3) is 6.66. The van der Waals surface area contributed by atoms with Gasteiger partial charge in [-0.15, -0.1) is 0 Å². The molecule has 0 radical (unpaired) electrons. The van der Waals surface area contributed by atoms with E-state index in [1.807, 2.05) is 19.2 Å². The van der Waals surface area contributed by atoms with Gasteiger partial charge in [0, 0.05) is 50.0 Å². The number of rotatable bonds is 11. The number of nitrogens with one attached hydrogen (secondary N) is 1. The van der Waals surface area contributed by atoms with E-state index in [1.165, 1.54) is 0 Å². The minimum atomic E-state index is -1.31. The van der Waals surface area contributed by atoms with Gasteiger partial charge in [0.15, 0.2) is 6.23 Å². The molecule has 3 amide bonds. The highest BCUT2D eigenvalue weighted by Gasteiger charge is 2.44. The number of aromatic carboxylic acids is 1. The third-order valence-electron chi connectivity index (χ3n) is 8.64.